The summed E-state index contributed by atoms with van der Waals surface area (Å²) in [6.45, 7) is 8.58. The maximum absolute atomic E-state index is 15.0. The fourth-order valence-corrected chi connectivity index (χ4v) is 5.52. The molecule has 0 saturated carbocycles. The predicted octanol–water partition coefficient (Wildman–Crippen LogP) is 4.24. The van der Waals surface area contributed by atoms with Crippen LogP contribution < -0.4 is 16.4 Å². The highest BCUT2D eigenvalue weighted by atomic mass is 32.2. The van der Waals surface area contributed by atoms with Crippen LogP contribution in [-0.4, -0.2) is 42.7 Å². The molecule has 42 heavy (non-hydrogen) atoms. The summed E-state index contributed by atoms with van der Waals surface area (Å²) in [6, 6.07) is 7.40. The Bertz CT molecular complexity index is 1510. The smallest absolute Gasteiger partial charge is 0.407 e. The highest BCUT2D eigenvalue weighted by molar-refractivity contribution is 8.03. The monoisotopic (exact) mass is 601 g/mol. The molecule has 1 aliphatic rings. The Balaban J connectivity index is 1.44. The molecule has 5 N–H and O–H groups in total. The average Bonchev–Trinajstić information content (AvgIpc) is 3.48. The van der Waals surface area contributed by atoms with Crippen molar-refractivity contribution in [3.8, 4) is 0 Å². The zero-order chi connectivity index (χ0) is 30.8. The number of pyridine rings is 1. The van der Waals surface area contributed by atoms with E-state index in [0.29, 0.717) is 22.2 Å². The van der Waals surface area contributed by atoms with Gasteiger partial charge in [0.1, 0.15) is 28.7 Å². The predicted molar refractivity (Wildman–Crippen MR) is 153 cm³/mol. The number of hydrogen-bond donors (Lipinski definition) is 4. The Hall–Kier alpha value is -4.04. The summed E-state index contributed by atoms with van der Waals surface area (Å²) < 4.78 is 36.8. The summed E-state index contributed by atoms with van der Waals surface area (Å²) in [5.74, 6) is -1.96. The van der Waals surface area contributed by atoms with Gasteiger partial charge >= 0.3 is 6.09 Å². The first-order valence-electron chi connectivity index (χ1n) is 13.1. The number of aliphatic hydroxyl groups is 1. The maximum Gasteiger partial charge on any atom is 0.407 e. The second-order valence-corrected chi connectivity index (χ2v) is 12.5. The minimum absolute atomic E-state index is 0.0107. The lowest BCUT2D eigenvalue weighted by Crippen LogP contribution is -2.32. The number of carbonyl (C=O) groups excluding carboxylic acids is 2. The van der Waals surface area contributed by atoms with E-state index in [1.54, 1.807) is 49.8 Å². The molecule has 3 aromatic rings. The van der Waals surface area contributed by atoms with E-state index in [4.69, 9.17) is 10.5 Å². The van der Waals surface area contributed by atoms with E-state index in [2.05, 4.69) is 25.9 Å². The van der Waals surface area contributed by atoms with Crippen LogP contribution in [0.4, 0.5) is 19.4 Å². The number of hydrogen-bond acceptors (Lipinski definition) is 9. The SMILES string of the molecule is CC(C)(C)OC(=O)NCc1cn(Cc2cccc(NC3=C(C(N)=O)CC(c4c(F)cc(C(C)(C)O)cc4F)S3)n2)nn1. The van der Waals surface area contributed by atoms with Gasteiger partial charge in [0.25, 0.3) is 0 Å². The number of halogens is 2. The normalized spacial score (nSPS) is 15.6. The molecule has 3 heterocycles. The Morgan fingerprint density at radius 2 is 1.86 bits per heavy atom. The largest absolute Gasteiger partial charge is 0.444 e. The second-order valence-electron chi connectivity index (χ2n) is 11.3. The number of anilines is 1. The zero-order valence-electron chi connectivity index (χ0n) is 23.9. The summed E-state index contributed by atoms with van der Waals surface area (Å²) in [5, 5.41) is 23.6. The number of nitrogens with one attached hydrogen (secondary N) is 2. The van der Waals surface area contributed by atoms with Gasteiger partial charge < -0.3 is 26.2 Å². The Labute approximate surface area is 245 Å². The first kappa shape index (κ1) is 30.9. The van der Waals surface area contributed by atoms with Crippen molar-refractivity contribution < 1.29 is 28.2 Å². The van der Waals surface area contributed by atoms with E-state index in [-0.39, 0.29) is 36.2 Å². The van der Waals surface area contributed by atoms with Gasteiger partial charge in [0.15, 0.2) is 0 Å². The van der Waals surface area contributed by atoms with Crippen LogP contribution in [0.3, 0.4) is 0 Å². The molecule has 224 valence electrons. The van der Waals surface area contributed by atoms with Gasteiger partial charge in [-0.05, 0) is 70.9 Å². The molecule has 0 saturated heterocycles. The lowest BCUT2D eigenvalue weighted by molar-refractivity contribution is -0.114. The van der Waals surface area contributed by atoms with E-state index in [0.717, 1.165) is 23.9 Å². The number of aromatic nitrogens is 4. The van der Waals surface area contributed by atoms with Gasteiger partial charge in [-0.25, -0.2) is 23.2 Å². The van der Waals surface area contributed by atoms with Crippen LogP contribution in [0, 0.1) is 11.6 Å². The minimum atomic E-state index is -1.42. The van der Waals surface area contributed by atoms with Crippen molar-refractivity contribution >= 4 is 29.6 Å². The number of nitrogens with zero attached hydrogens (tertiary/aromatic N) is 4. The number of alkyl carbamates (subject to hydrolysis) is 1. The van der Waals surface area contributed by atoms with Gasteiger partial charge in [0, 0.05) is 16.4 Å². The molecule has 1 atom stereocenters. The molecule has 2 aromatic heterocycles. The third kappa shape index (κ3) is 7.82. The van der Waals surface area contributed by atoms with Crippen LogP contribution in [0.2, 0.25) is 0 Å². The van der Waals surface area contributed by atoms with Crippen LogP contribution in [0.5, 0.6) is 0 Å². The highest BCUT2D eigenvalue weighted by Gasteiger charge is 2.34. The molecular formula is C28H33F2N7O4S. The quantitative estimate of drug-likeness (QED) is 0.282. The Kier molecular flexibility index (Phi) is 8.87. The van der Waals surface area contributed by atoms with Gasteiger partial charge in [-0.15, -0.1) is 5.10 Å². The molecule has 2 amide bonds. The molecule has 0 spiro atoms. The standard InChI is InChI=1S/C28H33F2N7O4S/c1-27(2,3)41-26(39)32-12-17-14-37(36-35-17)13-16-7-6-8-22(33-16)34-25-18(24(31)38)11-21(42-25)23-19(29)9-15(10-20(23)30)28(4,5)40/h6-10,14,21,40H,11-13H2,1-5H3,(H2,31,38)(H,32,39)(H,33,34). The van der Waals surface area contributed by atoms with E-state index < -0.39 is 40.1 Å². The lowest BCUT2D eigenvalue weighted by atomic mass is 9.94. The molecule has 0 radical (unpaired) electrons. The summed E-state index contributed by atoms with van der Waals surface area (Å²) in [4.78, 5) is 28.7. The molecule has 1 aliphatic heterocycles. The second kappa shape index (κ2) is 12.1. The third-order valence-corrected chi connectivity index (χ3v) is 7.37. The van der Waals surface area contributed by atoms with Crippen LogP contribution in [0.25, 0.3) is 0 Å². The van der Waals surface area contributed by atoms with Gasteiger partial charge in [0.05, 0.1) is 35.6 Å². The van der Waals surface area contributed by atoms with Gasteiger partial charge in [-0.3, -0.25) is 4.79 Å². The third-order valence-electron chi connectivity index (χ3n) is 6.10. The Morgan fingerprint density at radius 1 is 1.17 bits per heavy atom. The van der Waals surface area contributed by atoms with Crippen molar-refractivity contribution in [3.05, 3.63) is 81.3 Å². The van der Waals surface area contributed by atoms with Crippen molar-refractivity contribution in [1.29, 1.82) is 0 Å². The molecule has 0 fully saturated rings. The first-order valence-corrected chi connectivity index (χ1v) is 14.0. The molecule has 1 unspecified atom stereocenters. The number of amides is 2. The fourth-order valence-electron chi connectivity index (χ4n) is 4.15. The van der Waals surface area contributed by atoms with E-state index in [1.807, 2.05) is 0 Å². The number of rotatable bonds is 9. The van der Waals surface area contributed by atoms with Gasteiger partial charge in [-0.1, -0.05) is 23.0 Å². The molecule has 11 nitrogen and oxygen atoms in total. The highest BCUT2D eigenvalue weighted by Crippen LogP contribution is 2.49. The Morgan fingerprint density at radius 3 is 2.48 bits per heavy atom. The van der Waals surface area contributed by atoms with E-state index in [9.17, 15) is 14.7 Å². The zero-order valence-corrected chi connectivity index (χ0v) is 24.7. The van der Waals surface area contributed by atoms with Crippen molar-refractivity contribution in [2.45, 2.75) is 70.6 Å². The first-order chi connectivity index (χ1) is 19.6. The number of carbonyl (C=O) groups is 2. The van der Waals surface area contributed by atoms with E-state index >= 15 is 8.78 Å². The van der Waals surface area contributed by atoms with Crippen LogP contribution >= 0.6 is 11.8 Å². The lowest BCUT2D eigenvalue weighted by Gasteiger charge is -2.20. The number of benzene rings is 1. The number of primary amides is 1. The number of ether oxygens (including phenoxy) is 1. The van der Waals surface area contributed by atoms with Gasteiger partial charge in [-0.2, -0.15) is 0 Å². The van der Waals surface area contributed by atoms with Crippen molar-refractivity contribution in [1.82, 2.24) is 25.3 Å². The fraction of sp³-hybridized carbons (Fsp3) is 0.393. The van der Waals surface area contributed by atoms with Crippen LogP contribution in [0.15, 0.2) is 47.1 Å². The molecular weight excluding hydrogens is 568 g/mol. The number of nitrogens with two attached hydrogens (primary N) is 1. The molecule has 0 aliphatic carbocycles. The van der Waals surface area contributed by atoms with Gasteiger partial charge in [0.2, 0.25) is 5.91 Å². The van der Waals surface area contributed by atoms with Crippen LogP contribution in [0.1, 0.15) is 68.8 Å². The van der Waals surface area contributed by atoms with E-state index in [1.165, 1.54) is 13.8 Å². The van der Waals surface area contributed by atoms with Crippen molar-refractivity contribution in [2.75, 3.05) is 5.32 Å². The summed E-state index contributed by atoms with van der Waals surface area (Å²) in [6.07, 6.45) is 1.11. The number of thioether (sulfide) groups is 1. The van der Waals surface area contributed by atoms with Crippen molar-refractivity contribution in [2.24, 2.45) is 5.73 Å². The average molecular weight is 602 g/mol. The maximum atomic E-state index is 15.0. The summed E-state index contributed by atoms with van der Waals surface area (Å²) in [7, 11) is 0. The molecule has 0 bridgehead atoms. The molecule has 14 heteroatoms. The topological polar surface area (TPSA) is 157 Å². The minimum Gasteiger partial charge on any atom is -0.444 e. The molecule has 1 aromatic carbocycles. The van der Waals surface area contributed by atoms with Crippen molar-refractivity contribution in [3.63, 3.8) is 0 Å². The van der Waals surface area contributed by atoms with Crippen LogP contribution in [-0.2, 0) is 28.2 Å². The molecule has 4 rings (SSSR count). The summed E-state index contributed by atoms with van der Waals surface area (Å²) >= 11 is 1.07. The summed E-state index contributed by atoms with van der Waals surface area (Å²) in [5.41, 5.74) is 4.79.